The number of aliphatic hydroxyl groups excluding tert-OH is 2. The highest BCUT2D eigenvalue weighted by Gasteiger charge is 2.48. The van der Waals surface area contributed by atoms with Crippen LogP contribution in [0.15, 0.2) is 59.7 Å². The maximum atomic E-state index is 9.91. The van der Waals surface area contributed by atoms with E-state index in [1.165, 1.54) is 0 Å². The van der Waals surface area contributed by atoms with Crippen molar-refractivity contribution < 1.29 is 19.7 Å². The Hall–Kier alpha value is -2.24. The molecule has 0 saturated carbocycles. The zero-order valence-corrected chi connectivity index (χ0v) is 17.0. The average Bonchev–Trinajstić information content (AvgIpc) is 2.78. The van der Waals surface area contributed by atoms with Crippen LogP contribution in [-0.2, 0) is 20.7 Å². The number of hydrogen-bond donors (Lipinski definition) is 2. The Labute approximate surface area is 172 Å². The number of ether oxygens (including phenoxy) is 2. The summed E-state index contributed by atoms with van der Waals surface area (Å²) in [5.74, 6) is 0. The van der Waals surface area contributed by atoms with Crippen LogP contribution in [0.1, 0.15) is 41.5 Å². The summed E-state index contributed by atoms with van der Waals surface area (Å²) in [7, 11) is 3.47. The lowest BCUT2D eigenvalue weighted by atomic mass is 9.68. The lowest BCUT2D eigenvalue weighted by Crippen LogP contribution is -2.44. The molecule has 2 aliphatic rings. The van der Waals surface area contributed by atoms with Crippen LogP contribution in [0.2, 0.25) is 0 Å². The van der Waals surface area contributed by atoms with E-state index in [2.05, 4.69) is 36.4 Å². The number of aliphatic hydroxyl groups is 2. The number of rotatable bonds is 6. The molecule has 0 saturated heterocycles. The monoisotopic (exact) mass is 392 g/mol. The Morgan fingerprint density at radius 2 is 1.14 bits per heavy atom. The van der Waals surface area contributed by atoms with Gasteiger partial charge in [-0.25, -0.2) is 0 Å². The molecule has 152 valence electrons. The van der Waals surface area contributed by atoms with Gasteiger partial charge in [0.2, 0.25) is 0 Å². The van der Waals surface area contributed by atoms with Gasteiger partial charge in [0.05, 0.1) is 13.2 Å². The van der Waals surface area contributed by atoms with Gasteiger partial charge in [-0.05, 0) is 33.4 Å². The van der Waals surface area contributed by atoms with Crippen molar-refractivity contribution in [3.63, 3.8) is 0 Å². The normalized spacial score (nSPS) is 25.7. The van der Waals surface area contributed by atoms with E-state index in [4.69, 9.17) is 9.47 Å². The van der Waals surface area contributed by atoms with Crippen LogP contribution in [0, 0.1) is 0 Å². The van der Waals surface area contributed by atoms with Gasteiger partial charge in [0, 0.05) is 33.5 Å². The molecule has 0 bridgehead atoms. The summed E-state index contributed by atoms with van der Waals surface area (Å²) in [6.45, 7) is -0.00435. The Balaban J connectivity index is 1.86. The van der Waals surface area contributed by atoms with Crippen LogP contribution >= 0.6 is 0 Å². The summed E-state index contributed by atoms with van der Waals surface area (Å²) in [6, 6.07) is 16.4. The standard InChI is InChI=1S/C25H28O4/c1-28-24(13-18(15-26)11-20-7-3-5-9-22(20)24)17-25(29-2)14-19(16-27)12-21-8-4-6-10-23(21)25/h3-12,26-27H,13-17H2,1-2H3. The van der Waals surface area contributed by atoms with Gasteiger partial charge in [-0.1, -0.05) is 60.7 Å². The van der Waals surface area contributed by atoms with Crippen molar-refractivity contribution in [2.45, 2.75) is 30.5 Å². The molecule has 2 N–H and O–H groups in total. The molecule has 0 amide bonds. The largest absolute Gasteiger partial charge is 0.392 e. The minimum absolute atomic E-state index is 0.00218. The van der Waals surface area contributed by atoms with Crippen LogP contribution in [-0.4, -0.2) is 37.6 Å². The van der Waals surface area contributed by atoms with Crippen LogP contribution in [0.5, 0.6) is 0 Å². The van der Waals surface area contributed by atoms with Crippen LogP contribution in [0.3, 0.4) is 0 Å². The molecule has 2 aromatic rings. The Kier molecular flexibility index (Phi) is 5.45. The van der Waals surface area contributed by atoms with Gasteiger partial charge < -0.3 is 19.7 Å². The van der Waals surface area contributed by atoms with Gasteiger partial charge in [-0.15, -0.1) is 0 Å². The first-order chi connectivity index (χ1) is 14.1. The highest BCUT2D eigenvalue weighted by atomic mass is 16.5. The molecule has 2 aromatic carbocycles. The lowest BCUT2D eigenvalue weighted by Gasteiger charge is -2.46. The quantitative estimate of drug-likeness (QED) is 0.780. The third-order valence-electron chi connectivity index (χ3n) is 6.41. The topological polar surface area (TPSA) is 58.9 Å². The molecule has 4 heteroatoms. The molecule has 2 aliphatic carbocycles. The highest BCUT2D eigenvalue weighted by molar-refractivity contribution is 5.64. The molecule has 0 spiro atoms. The van der Waals surface area contributed by atoms with Crippen molar-refractivity contribution in [1.29, 1.82) is 0 Å². The number of hydrogen-bond acceptors (Lipinski definition) is 4. The van der Waals surface area contributed by atoms with E-state index in [0.29, 0.717) is 19.3 Å². The molecule has 29 heavy (non-hydrogen) atoms. The minimum atomic E-state index is -0.634. The second-order valence-electron chi connectivity index (χ2n) is 8.02. The maximum Gasteiger partial charge on any atom is 0.100 e. The first-order valence-electron chi connectivity index (χ1n) is 10.00. The molecule has 0 radical (unpaired) electrons. The van der Waals surface area contributed by atoms with E-state index < -0.39 is 11.2 Å². The van der Waals surface area contributed by atoms with E-state index in [1.807, 2.05) is 24.3 Å². The van der Waals surface area contributed by atoms with Crippen LogP contribution in [0.25, 0.3) is 12.2 Å². The molecule has 2 atom stereocenters. The number of benzene rings is 2. The van der Waals surface area contributed by atoms with Crippen molar-refractivity contribution in [2.75, 3.05) is 27.4 Å². The van der Waals surface area contributed by atoms with Gasteiger partial charge in [0.25, 0.3) is 0 Å². The van der Waals surface area contributed by atoms with Gasteiger partial charge in [-0.3, -0.25) is 0 Å². The smallest absolute Gasteiger partial charge is 0.100 e. The van der Waals surface area contributed by atoms with E-state index in [0.717, 1.165) is 33.4 Å². The van der Waals surface area contributed by atoms with E-state index in [9.17, 15) is 10.2 Å². The summed E-state index contributed by atoms with van der Waals surface area (Å²) in [4.78, 5) is 0. The van der Waals surface area contributed by atoms with Crippen molar-refractivity contribution in [3.05, 3.63) is 81.9 Å². The van der Waals surface area contributed by atoms with Crippen LogP contribution < -0.4 is 0 Å². The summed E-state index contributed by atoms with van der Waals surface area (Å²) in [6.07, 6.45) is 5.89. The second kappa shape index (κ2) is 7.88. The molecule has 0 heterocycles. The summed E-state index contributed by atoms with van der Waals surface area (Å²) < 4.78 is 12.5. The fourth-order valence-electron chi connectivity index (χ4n) is 5.03. The van der Waals surface area contributed by atoms with E-state index in [1.54, 1.807) is 14.2 Å². The average molecular weight is 392 g/mol. The Bertz CT molecular complexity index is 883. The van der Waals surface area contributed by atoms with Gasteiger partial charge >= 0.3 is 0 Å². The molecular weight excluding hydrogens is 364 g/mol. The lowest BCUT2D eigenvalue weighted by molar-refractivity contribution is -0.114. The summed E-state index contributed by atoms with van der Waals surface area (Å²) in [5, 5.41) is 19.8. The first-order valence-corrected chi connectivity index (χ1v) is 10.00. The third-order valence-corrected chi connectivity index (χ3v) is 6.41. The first kappa shape index (κ1) is 20.0. The molecule has 0 aromatic heterocycles. The fraction of sp³-hybridized carbons (Fsp3) is 0.360. The minimum Gasteiger partial charge on any atom is -0.392 e. The van der Waals surface area contributed by atoms with Gasteiger partial charge in [-0.2, -0.15) is 0 Å². The maximum absolute atomic E-state index is 9.91. The zero-order valence-electron chi connectivity index (χ0n) is 17.0. The SMILES string of the molecule is COC1(CC2(OC)CC(CO)=Cc3ccccc32)CC(CO)=Cc2ccccc21. The predicted molar refractivity (Wildman–Crippen MR) is 114 cm³/mol. The van der Waals surface area contributed by atoms with E-state index in [-0.39, 0.29) is 13.2 Å². The highest BCUT2D eigenvalue weighted by Crippen LogP contribution is 2.51. The number of fused-ring (bicyclic) bond motifs is 2. The van der Waals surface area contributed by atoms with Crippen molar-refractivity contribution >= 4 is 12.2 Å². The number of methoxy groups -OCH3 is 2. The molecule has 4 rings (SSSR count). The Morgan fingerprint density at radius 3 is 1.52 bits per heavy atom. The van der Waals surface area contributed by atoms with Crippen molar-refractivity contribution in [3.8, 4) is 0 Å². The van der Waals surface area contributed by atoms with Gasteiger partial charge in [0.1, 0.15) is 11.2 Å². The molecule has 0 aliphatic heterocycles. The summed E-state index contributed by atoms with van der Waals surface area (Å²) >= 11 is 0. The molecular formula is C25H28O4. The molecule has 4 nitrogen and oxygen atoms in total. The van der Waals surface area contributed by atoms with Crippen LogP contribution in [0.4, 0.5) is 0 Å². The fourth-order valence-corrected chi connectivity index (χ4v) is 5.03. The third kappa shape index (κ3) is 3.36. The molecule has 0 fully saturated rings. The van der Waals surface area contributed by atoms with Crippen molar-refractivity contribution in [2.24, 2.45) is 0 Å². The van der Waals surface area contributed by atoms with Gasteiger partial charge in [0.15, 0.2) is 0 Å². The van der Waals surface area contributed by atoms with Crippen molar-refractivity contribution in [1.82, 2.24) is 0 Å². The Morgan fingerprint density at radius 1 is 0.724 bits per heavy atom. The second-order valence-corrected chi connectivity index (χ2v) is 8.02. The molecule has 2 unspecified atom stereocenters. The van der Waals surface area contributed by atoms with E-state index >= 15 is 0 Å². The summed E-state index contributed by atoms with van der Waals surface area (Å²) in [5.41, 5.74) is 4.96. The zero-order chi connectivity index (χ0) is 20.5. The predicted octanol–water partition coefficient (Wildman–Crippen LogP) is 4.02.